The normalized spacial score (nSPS) is 12.6. The zero-order chi connectivity index (χ0) is 14.0. The van der Waals surface area contributed by atoms with E-state index in [4.69, 9.17) is 11.6 Å². The highest BCUT2D eigenvalue weighted by molar-refractivity contribution is 6.33. The molecular formula is C13H17ClF3N. The van der Waals surface area contributed by atoms with Crippen LogP contribution in [-0.2, 0) is 6.18 Å². The lowest BCUT2D eigenvalue weighted by Gasteiger charge is -2.19. The lowest BCUT2D eigenvalue weighted by Crippen LogP contribution is -2.13. The highest BCUT2D eigenvalue weighted by Gasteiger charge is 2.30. The van der Waals surface area contributed by atoms with Gasteiger partial charge in [0.25, 0.3) is 0 Å². The summed E-state index contributed by atoms with van der Waals surface area (Å²) in [5.41, 5.74) is -0.234. The van der Waals surface area contributed by atoms with Crippen LogP contribution in [0.3, 0.4) is 0 Å². The Labute approximate surface area is 110 Å². The molecule has 5 heteroatoms. The molecule has 102 valence electrons. The van der Waals surface area contributed by atoms with Crippen LogP contribution in [0.4, 0.5) is 18.9 Å². The van der Waals surface area contributed by atoms with Crippen LogP contribution >= 0.6 is 11.6 Å². The van der Waals surface area contributed by atoms with Crippen molar-refractivity contribution in [3.05, 3.63) is 28.8 Å². The summed E-state index contributed by atoms with van der Waals surface area (Å²) in [5.74, 6) is 0. The van der Waals surface area contributed by atoms with E-state index in [1.807, 2.05) is 0 Å². The maximum atomic E-state index is 12.5. The van der Waals surface area contributed by atoms with Crippen LogP contribution in [0.2, 0.25) is 5.02 Å². The summed E-state index contributed by atoms with van der Waals surface area (Å²) in [6.45, 7) is 6.80. The fourth-order valence-corrected chi connectivity index (χ4v) is 1.59. The zero-order valence-corrected chi connectivity index (χ0v) is 11.4. The molecule has 0 saturated carbocycles. The molecule has 0 aliphatic rings. The zero-order valence-electron chi connectivity index (χ0n) is 10.7. The molecule has 1 aromatic carbocycles. The molecule has 0 bridgehead atoms. The Morgan fingerprint density at radius 2 is 1.78 bits per heavy atom. The van der Waals surface area contributed by atoms with Gasteiger partial charge in [-0.3, -0.25) is 0 Å². The molecule has 1 N–H and O–H groups in total. The average Bonchev–Trinajstić information content (AvgIpc) is 2.17. The van der Waals surface area contributed by atoms with Crippen molar-refractivity contribution >= 4 is 17.3 Å². The van der Waals surface area contributed by atoms with Crippen molar-refractivity contribution in [2.45, 2.75) is 33.4 Å². The highest BCUT2D eigenvalue weighted by Crippen LogP contribution is 2.34. The second-order valence-electron chi connectivity index (χ2n) is 5.43. The first kappa shape index (κ1) is 15.2. The topological polar surface area (TPSA) is 12.0 Å². The summed E-state index contributed by atoms with van der Waals surface area (Å²) < 4.78 is 37.6. The summed E-state index contributed by atoms with van der Waals surface area (Å²) in [6, 6.07) is 3.30. The molecule has 0 atom stereocenters. The maximum absolute atomic E-state index is 12.5. The quantitative estimate of drug-likeness (QED) is 0.801. The number of alkyl halides is 3. The van der Waals surface area contributed by atoms with Crippen molar-refractivity contribution in [2.75, 3.05) is 11.9 Å². The van der Waals surface area contributed by atoms with Crippen LogP contribution in [0.25, 0.3) is 0 Å². The van der Waals surface area contributed by atoms with Crippen molar-refractivity contribution in [1.29, 1.82) is 0 Å². The van der Waals surface area contributed by atoms with Crippen LogP contribution in [0.5, 0.6) is 0 Å². The van der Waals surface area contributed by atoms with E-state index in [2.05, 4.69) is 26.1 Å². The third-order valence-corrected chi connectivity index (χ3v) is 2.81. The van der Waals surface area contributed by atoms with Gasteiger partial charge in [0.15, 0.2) is 0 Å². The summed E-state index contributed by atoms with van der Waals surface area (Å²) in [5, 5.41) is 3.25. The molecule has 0 aromatic heterocycles. The summed E-state index contributed by atoms with van der Waals surface area (Å²) in [6.07, 6.45) is -3.50. The van der Waals surface area contributed by atoms with Crippen LogP contribution < -0.4 is 5.32 Å². The van der Waals surface area contributed by atoms with Gasteiger partial charge < -0.3 is 5.32 Å². The first-order valence-electron chi connectivity index (χ1n) is 5.70. The first-order valence-corrected chi connectivity index (χ1v) is 6.08. The predicted octanol–water partition coefficient (Wildman–Crippen LogP) is 5.21. The molecule has 0 aliphatic heterocycles. The molecule has 0 saturated heterocycles. The summed E-state index contributed by atoms with van der Waals surface area (Å²) in [4.78, 5) is 0. The Balaban J connectivity index is 2.76. The van der Waals surface area contributed by atoms with E-state index in [-0.39, 0.29) is 5.41 Å². The molecule has 1 aromatic rings. The highest BCUT2D eigenvalue weighted by atomic mass is 35.5. The number of nitrogens with one attached hydrogen (secondary N) is 1. The van der Waals surface area contributed by atoms with Gasteiger partial charge in [0, 0.05) is 6.54 Å². The molecule has 1 nitrogen and oxygen atoms in total. The molecular weight excluding hydrogens is 263 g/mol. The van der Waals surface area contributed by atoms with E-state index < -0.39 is 11.7 Å². The molecule has 0 unspecified atom stereocenters. The van der Waals surface area contributed by atoms with Crippen molar-refractivity contribution in [3.63, 3.8) is 0 Å². The minimum absolute atomic E-state index is 0.126. The molecule has 0 amide bonds. The fraction of sp³-hybridized carbons (Fsp3) is 0.538. The third kappa shape index (κ3) is 4.77. The van der Waals surface area contributed by atoms with Gasteiger partial charge in [-0.15, -0.1) is 0 Å². The number of halogens is 4. The minimum atomic E-state index is -4.34. The van der Waals surface area contributed by atoms with Gasteiger partial charge in [-0.2, -0.15) is 13.2 Å². The number of hydrogen-bond donors (Lipinski definition) is 1. The Hall–Kier alpha value is -0.900. The van der Waals surface area contributed by atoms with Gasteiger partial charge in [-0.05, 0) is 30.0 Å². The lowest BCUT2D eigenvalue weighted by molar-refractivity contribution is -0.137. The summed E-state index contributed by atoms with van der Waals surface area (Å²) >= 11 is 5.87. The molecule has 18 heavy (non-hydrogen) atoms. The second-order valence-corrected chi connectivity index (χ2v) is 5.84. The van der Waals surface area contributed by atoms with Gasteiger partial charge in [0.1, 0.15) is 0 Å². The molecule has 0 heterocycles. The van der Waals surface area contributed by atoms with E-state index in [1.54, 1.807) is 0 Å². The van der Waals surface area contributed by atoms with Gasteiger partial charge in [0.05, 0.1) is 16.3 Å². The number of benzene rings is 1. The first-order chi connectivity index (χ1) is 8.09. The van der Waals surface area contributed by atoms with Crippen molar-refractivity contribution in [1.82, 2.24) is 0 Å². The van der Waals surface area contributed by atoms with Crippen LogP contribution in [-0.4, -0.2) is 6.54 Å². The van der Waals surface area contributed by atoms with E-state index in [0.717, 1.165) is 18.6 Å². The number of anilines is 1. The van der Waals surface area contributed by atoms with Crippen molar-refractivity contribution in [3.8, 4) is 0 Å². The summed E-state index contributed by atoms with van der Waals surface area (Å²) in [7, 11) is 0. The van der Waals surface area contributed by atoms with Gasteiger partial charge >= 0.3 is 6.18 Å². The van der Waals surface area contributed by atoms with E-state index in [9.17, 15) is 13.2 Å². The second kappa shape index (κ2) is 5.39. The van der Waals surface area contributed by atoms with Gasteiger partial charge in [0.2, 0.25) is 0 Å². The molecule has 0 aliphatic carbocycles. The molecule has 0 spiro atoms. The van der Waals surface area contributed by atoms with Crippen LogP contribution in [0, 0.1) is 5.41 Å². The predicted molar refractivity (Wildman–Crippen MR) is 69.0 cm³/mol. The molecule has 0 radical (unpaired) electrons. The monoisotopic (exact) mass is 279 g/mol. The standard InChI is InChI=1S/C13H17ClF3N/c1-12(2,3)6-7-18-11-8-9(13(15,16)17)4-5-10(11)14/h4-5,8,18H,6-7H2,1-3H3. The average molecular weight is 280 g/mol. The molecule has 0 fully saturated rings. The Morgan fingerprint density at radius 3 is 2.28 bits per heavy atom. The van der Waals surface area contributed by atoms with E-state index in [1.165, 1.54) is 6.07 Å². The van der Waals surface area contributed by atoms with Crippen molar-refractivity contribution < 1.29 is 13.2 Å². The Bertz CT molecular complexity index is 408. The van der Waals surface area contributed by atoms with E-state index >= 15 is 0 Å². The third-order valence-electron chi connectivity index (χ3n) is 2.48. The van der Waals surface area contributed by atoms with Gasteiger partial charge in [-0.1, -0.05) is 32.4 Å². The van der Waals surface area contributed by atoms with Gasteiger partial charge in [-0.25, -0.2) is 0 Å². The number of hydrogen-bond acceptors (Lipinski definition) is 1. The van der Waals surface area contributed by atoms with Crippen molar-refractivity contribution in [2.24, 2.45) is 5.41 Å². The minimum Gasteiger partial charge on any atom is -0.384 e. The largest absolute Gasteiger partial charge is 0.416 e. The SMILES string of the molecule is CC(C)(C)CCNc1cc(C(F)(F)F)ccc1Cl. The smallest absolute Gasteiger partial charge is 0.384 e. The van der Waals surface area contributed by atoms with Crippen LogP contribution in [0.1, 0.15) is 32.8 Å². The Kier molecular flexibility index (Phi) is 4.54. The maximum Gasteiger partial charge on any atom is 0.416 e. The number of rotatable bonds is 3. The fourth-order valence-electron chi connectivity index (χ4n) is 1.41. The Morgan fingerprint density at radius 1 is 1.17 bits per heavy atom. The van der Waals surface area contributed by atoms with Crippen LogP contribution in [0.15, 0.2) is 18.2 Å². The lowest BCUT2D eigenvalue weighted by atomic mass is 9.92. The van der Waals surface area contributed by atoms with E-state index in [0.29, 0.717) is 17.3 Å². The molecule has 1 rings (SSSR count).